The van der Waals surface area contributed by atoms with Gasteiger partial charge in [0.15, 0.2) is 5.16 Å². The average molecular weight is 326 g/mol. The van der Waals surface area contributed by atoms with Crippen molar-refractivity contribution in [3.63, 3.8) is 0 Å². The molecule has 1 aromatic heterocycles. The fourth-order valence-electron chi connectivity index (χ4n) is 2.25. The Bertz CT molecular complexity index is 697. The van der Waals surface area contributed by atoms with Crippen LogP contribution in [0.15, 0.2) is 23.4 Å². The number of aliphatic carboxylic acids is 1. The molecule has 7 heteroatoms. The minimum Gasteiger partial charge on any atom is -0.481 e. The van der Waals surface area contributed by atoms with Gasteiger partial charge in [0, 0.05) is 28.9 Å². The third-order valence-corrected chi connectivity index (χ3v) is 4.94. The molecule has 5 nitrogen and oxygen atoms in total. The number of nitrogens with zero attached hydrogens (tertiary/aromatic N) is 2. The average Bonchev–Trinajstić information content (AvgIpc) is 2.72. The van der Waals surface area contributed by atoms with Crippen molar-refractivity contribution in [3.05, 3.63) is 23.8 Å². The van der Waals surface area contributed by atoms with E-state index in [0.29, 0.717) is 10.9 Å². The second-order valence-corrected chi connectivity index (χ2v) is 7.45. The predicted octanol–water partition coefficient (Wildman–Crippen LogP) is 2.46. The van der Waals surface area contributed by atoms with Crippen molar-refractivity contribution >= 4 is 39.6 Å². The Balaban J connectivity index is 2.48. The quantitative estimate of drug-likeness (QED) is 0.826. The number of fused-ring (bicyclic) bond motifs is 1. The molecule has 0 saturated heterocycles. The summed E-state index contributed by atoms with van der Waals surface area (Å²) in [6, 6.07) is 5.96. The number of thioether (sulfide) groups is 1. The van der Waals surface area contributed by atoms with Crippen LogP contribution in [0.25, 0.3) is 11.0 Å². The summed E-state index contributed by atoms with van der Waals surface area (Å²) >= 11 is 1.20. The zero-order valence-corrected chi connectivity index (χ0v) is 13.8. The normalized spacial score (nSPS) is 14.2. The van der Waals surface area contributed by atoms with Crippen LogP contribution in [0.4, 0.5) is 0 Å². The third-order valence-electron chi connectivity index (χ3n) is 3.05. The van der Waals surface area contributed by atoms with Gasteiger partial charge in [-0.05, 0) is 31.5 Å². The van der Waals surface area contributed by atoms with E-state index in [1.165, 1.54) is 11.8 Å². The van der Waals surface area contributed by atoms with Gasteiger partial charge in [-0.3, -0.25) is 9.00 Å². The Morgan fingerprint density at radius 3 is 2.86 bits per heavy atom. The maximum atomic E-state index is 11.5. The summed E-state index contributed by atoms with van der Waals surface area (Å²) in [4.78, 5) is 15.3. The third kappa shape index (κ3) is 3.85. The minimum absolute atomic E-state index is 0.000153. The van der Waals surface area contributed by atoms with Crippen molar-refractivity contribution in [2.75, 3.05) is 17.8 Å². The molecule has 0 aliphatic carbocycles. The van der Waals surface area contributed by atoms with Gasteiger partial charge in [-0.25, -0.2) is 4.98 Å². The molecular weight excluding hydrogens is 308 g/mol. The number of imidazole rings is 1. The summed E-state index contributed by atoms with van der Waals surface area (Å²) in [6.45, 7) is 3.97. The Morgan fingerprint density at radius 2 is 2.24 bits per heavy atom. The lowest BCUT2D eigenvalue weighted by Crippen LogP contribution is -2.14. The number of hydrogen-bond donors (Lipinski definition) is 1. The van der Waals surface area contributed by atoms with Gasteiger partial charge in [-0.1, -0.05) is 17.8 Å². The number of aryl methyl sites for hydroxylation is 1. The van der Waals surface area contributed by atoms with E-state index in [4.69, 9.17) is 5.11 Å². The molecule has 0 aliphatic heterocycles. The molecule has 0 radical (unpaired) electrons. The Kier molecular flexibility index (Phi) is 5.05. The maximum Gasteiger partial charge on any atom is 0.313 e. The molecule has 21 heavy (non-hydrogen) atoms. The number of benzene rings is 1. The van der Waals surface area contributed by atoms with Gasteiger partial charge in [0.25, 0.3) is 0 Å². The van der Waals surface area contributed by atoms with Gasteiger partial charge in [0.2, 0.25) is 0 Å². The van der Waals surface area contributed by atoms with E-state index in [1.807, 2.05) is 36.6 Å². The second-order valence-electron chi connectivity index (χ2n) is 5.03. The molecule has 0 spiro atoms. The van der Waals surface area contributed by atoms with Gasteiger partial charge < -0.3 is 9.67 Å². The zero-order chi connectivity index (χ0) is 15.6. The van der Waals surface area contributed by atoms with Crippen LogP contribution in [0.1, 0.15) is 18.5 Å². The van der Waals surface area contributed by atoms with E-state index < -0.39 is 16.8 Å². The SMILES string of the molecule is Cc1ccc2c(c1)nc(SCC(=O)O)n2C(C)CS(C)=O. The van der Waals surface area contributed by atoms with Crippen LogP contribution in [-0.2, 0) is 15.6 Å². The smallest absolute Gasteiger partial charge is 0.313 e. The molecule has 1 aromatic carbocycles. The van der Waals surface area contributed by atoms with Gasteiger partial charge in [-0.2, -0.15) is 0 Å². The van der Waals surface area contributed by atoms with Crippen LogP contribution in [0, 0.1) is 6.92 Å². The fourth-order valence-corrected chi connectivity index (χ4v) is 3.92. The number of rotatable bonds is 6. The van der Waals surface area contributed by atoms with Gasteiger partial charge >= 0.3 is 5.97 Å². The summed E-state index contributed by atoms with van der Waals surface area (Å²) in [6.07, 6.45) is 1.67. The summed E-state index contributed by atoms with van der Waals surface area (Å²) in [5.74, 6) is -0.397. The number of carboxylic acids is 1. The van der Waals surface area contributed by atoms with Gasteiger partial charge in [0.05, 0.1) is 16.8 Å². The molecule has 0 fully saturated rings. The van der Waals surface area contributed by atoms with Crippen LogP contribution >= 0.6 is 11.8 Å². The number of hydrogen-bond acceptors (Lipinski definition) is 4. The molecule has 2 atom stereocenters. The Labute approximate surface area is 130 Å². The second kappa shape index (κ2) is 6.62. The van der Waals surface area contributed by atoms with Crippen molar-refractivity contribution in [2.24, 2.45) is 0 Å². The molecule has 2 aromatic rings. The van der Waals surface area contributed by atoms with E-state index in [-0.39, 0.29) is 11.8 Å². The van der Waals surface area contributed by atoms with E-state index in [2.05, 4.69) is 4.98 Å². The molecule has 0 aliphatic rings. The highest BCUT2D eigenvalue weighted by molar-refractivity contribution is 7.99. The largest absolute Gasteiger partial charge is 0.481 e. The number of carbonyl (C=O) groups is 1. The number of carboxylic acid groups (broad SMARTS) is 1. The summed E-state index contributed by atoms with van der Waals surface area (Å²) in [7, 11) is -0.923. The van der Waals surface area contributed by atoms with Crippen molar-refractivity contribution in [1.82, 2.24) is 9.55 Å². The van der Waals surface area contributed by atoms with E-state index >= 15 is 0 Å². The molecule has 0 amide bonds. The monoisotopic (exact) mass is 326 g/mol. The van der Waals surface area contributed by atoms with Crippen molar-refractivity contribution in [1.29, 1.82) is 0 Å². The highest BCUT2D eigenvalue weighted by Crippen LogP contribution is 2.28. The first-order valence-electron chi connectivity index (χ1n) is 6.51. The highest BCUT2D eigenvalue weighted by atomic mass is 32.2. The van der Waals surface area contributed by atoms with Gasteiger partial charge in [0.1, 0.15) is 0 Å². The zero-order valence-electron chi connectivity index (χ0n) is 12.2. The summed E-state index contributed by atoms with van der Waals surface area (Å²) < 4.78 is 13.5. The highest BCUT2D eigenvalue weighted by Gasteiger charge is 2.18. The van der Waals surface area contributed by atoms with Gasteiger partial charge in [-0.15, -0.1) is 0 Å². The van der Waals surface area contributed by atoms with E-state index in [9.17, 15) is 9.00 Å². The van der Waals surface area contributed by atoms with Crippen LogP contribution < -0.4 is 0 Å². The van der Waals surface area contributed by atoms with Crippen molar-refractivity contribution in [3.8, 4) is 0 Å². The lowest BCUT2D eigenvalue weighted by Gasteiger charge is -2.16. The molecule has 0 saturated carbocycles. The first-order valence-corrected chi connectivity index (χ1v) is 9.23. The Hall–Kier alpha value is -1.34. The molecule has 1 heterocycles. The van der Waals surface area contributed by atoms with Crippen LogP contribution in [0.3, 0.4) is 0 Å². The van der Waals surface area contributed by atoms with E-state index in [1.54, 1.807) is 6.26 Å². The summed E-state index contributed by atoms with van der Waals surface area (Å²) in [5.41, 5.74) is 2.90. The summed E-state index contributed by atoms with van der Waals surface area (Å²) in [5, 5.41) is 9.53. The lowest BCUT2D eigenvalue weighted by atomic mass is 10.2. The van der Waals surface area contributed by atoms with Crippen LogP contribution in [0.2, 0.25) is 0 Å². The first-order chi connectivity index (χ1) is 9.88. The molecule has 2 unspecified atom stereocenters. The van der Waals surface area contributed by atoms with Crippen molar-refractivity contribution in [2.45, 2.75) is 25.0 Å². The number of aromatic nitrogens is 2. The first kappa shape index (κ1) is 16.0. The van der Waals surface area contributed by atoms with Crippen LogP contribution in [-0.4, -0.2) is 42.6 Å². The topological polar surface area (TPSA) is 72.2 Å². The molecular formula is C14H18N2O3S2. The van der Waals surface area contributed by atoms with Crippen LogP contribution in [0.5, 0.6) is 0 Å². The molecule has 2 rings (SSSR count). The van der Waals surface area contributed by atoms with Crippen molar-refractivity contribution < 1.29 is 14.1 Å². The maximum absolute atomic E-state index is 11.5. The predicted molar refractivity (Wildman–Crippen MR) is 86.5 cm³/mol. The standard InChI is InChI=1S/C14H18N2O3S2/c1-9-4-5-12-11(6-9)15-14(20-7-13(17)18)16(12)10(2)8-21(3)19/h4-6,10H,7-8H2,1-3H3,(H,17,18). The Morgan fingerprint density at radius 1 is 1.52 bits per heavy atom. The minimum atomic E-state index is -0.923. The molecule has 1 N–H and O–H groups in total. The molecule has 114 valence electrons. The van der Waals surface area contributed by atoms with E-state index in [0.717, 1.165) is 16.6 Å². The fraction of sp³-hybridized carbons (Fsp3) is 0.429. The lowest BCUT2D eigenvalue weighted by molar-refractivity contribution is -0.133. The molecule has 0 bridgehead atoms.